The second kappa shape index (κ2) is 5.28. The number of aliphatic carboxylic acids is 1. The molecule has 18 heavy (non-hydrogen) atoms. The Bertz CT molecular complexity index is 518. The molecule has 2 rings (SSSR count). The SMILES string of the molecule is O=C(O)CCC(=O)N1CCc2cc(Cl)cc(Br)c21. The van der Waals surface area contributed by atoms with Crippen molar-refractivity contribution in [2.75, 3.05) is 11.4 Å². The zero-order valence-corrected chi connectivity index (χ0v) is 11.8. The molecule has 0 aliphatic carbocycles. The summed E-state index contributed by atoms with van der Waals surface area (Å²) < 4.78 is 0.770. The van der Waals surface area contributed by atoms with E-state index in [0.717, 1.165) is 22.1 Å². The molecule has 0 bridgehead atoms. The fourth-order valence-electron chi connectivity index (χ4n) is 2.05. The van der Waals surface area contributed by atoms with Crippen LogP contribution in [-0.4, -0.2) is 23.5 Å². The highest BCUT2D eigenvalue weighted by Crippen LogP contribution is 2.38. The van der Waals surface area contributed by atoms with Crippen molar-refractivity contribution in [1.29, 1.82) is 0 Å². The van der Waals surface area contributed by atoms with Gasteiger partial charge in [0.05, 0.1) is 12.1 Å². The number of carboxylic acid groups (broad SMARTS) is 1. The van der Waals surface area contributed by atoms with E-state index < -0.39 is 5.97 Å². The molecule has 1 aliphatic rings. The van der Waals surface area contributed by atoms with E-state index in [-0.39, 0.29) is 18.7 Å². The van der Waals surface area contributed by atoms with Crippen molar-refractivity contribution in [3.8, 4) is 0 Å². The van der Waals surface area contributed by atoms with Crippen LogP contribution >= 0.6 is 27.5 Å². The third kappa shape index (κ3) is 2.67. The van der Waals surface area contributed by atoms with Crippen molar-refractivity contribution < 1.29 is 14.7 Å². The zero-order valence-electron chi connectivity index (χ0n) is 9.45. The lowest BCUT2D eigenvalue weighted by atomic mass is 10.2. The molecule has 0 atom stereocenters. The van der Waals surface area contributed by atoms with E-state index in [0.29, 0.717) is 11.6 Å². The predicted molar refractivity (Wildman–Crippen MR) is 72.1 cm³/mol. The summed E-state index contributed by atoms with van der Waals surface area (Å²) in [5, 5.41) is 9.22. The minimum Gasteiger partial charge on any atom is -0.481 e. The lowest BCUT2D eigenvalue weighted by Gasteiger charge is -2.18. The monoisotopic (exact) mass is 331 g/mol. The highest BCUT2D eigenvalue weighted by atomic mass is 79.9. The standard InChI is InChI=1S/C12H11BrClNO3/c13-9-6-8(14)5-7-3-4-15(12(7)9)10(16)1-2-11(17)18/h5-6H,1-4H2,(H,17,18). The summed E-state index contributed by atoms with van der Waals surface area (Å²) in [6.45, 7) is 0.576. The number of nitrogens with zero attached hydrogens (tertiary/aromatic N) is 1. The third-order valence-corrected chi connectivity index (χ3v) is 3.66. The summed E-state index contributed by atoms with van der Waals surface area (Å²) in [6, 6.07) is 3.58. The molecule has 0 saturated carbocycles. The van der Waals surface area contributed by atoms with E-state index in [1.807, 2.05) is 6.07 Å². The molecular formula is C12H11BrClNO3. The molecule has 1 N–H and O–H groups in total. The number of hydrogen-bond acceptors (Lipinski definition) is 2. The Labute approximate surface area is 118 Å². The fourth-order valence-corrected chi connectivity index (χ4v) is 3.14. The lowest BCUT2D eigenvalue weighted by molar-refractivity contribution is -0.138. The molecule has 4 nitrogen and oxygen atoms in total. The Morgan fingerprint density at radius 3 is 2.78 bits per heavy atom. The molecule has 0 spiro atoms. The van der Waals surface area contributed by atoms with Crippen LogP contribution in [-0.2, 0) is 16.0 Å². The molecule has 0 aromatic heterocycles. The maximum atomic E-state index is 12.0. The number of fused-ring (bicyclic) bond motifs is 1. The van der Waals surface area contributed by atoms with Crippen LogP contribution in [0.1, 0.15) is 18.4 Å². The van der Waals surface area contributed by atoms with Gasteiger partial charge in [-0.2, -0.15) is 0 Å². The highest BCUT2D eigenvalue weighted by Gasteiger charge is 2.27. The Kier molecular flexibility index (Phi) is 3.92. The molecule has 1 aromatic rings. The molecular weight excluding hydrogens is 321 g/mol. The van der Waals surface area contributed by atoms with Gasteiger partial charge in [0.2, 0.25) is 5.91 Å². The largest absolute Gasteiger partial charge is 0.481 e. The normalized spacial score (nSPS) is 13.6. The number of carboxylic acids is 1. The number of carbonyl (C=O) groups is 2. The first-order valence-corrected chi connectivity index (χ1v) is 6.66. The summed E-state index contributed by atoms with van der Waals surface area (Å²) in [5.74, 6) is -1.13. The molecule has 0 unspecified atom stereocenters. The number of amides is 1. The van der Waals surface area contributed by atoms with Gasteiger partial charge in [-0.25, -0.2) is 0 Å². The van der Waals surface area contributed by atoms with Crippen LogP contribution in [0, 0.1) is 0 Å². The molecule has 1 aromatic carbocycles. The first-order valence-electron chi connectivity index (χ1n) is 5.49. The summed E-state index contributed by atoms with van der Waals surface area (Å²) >= 11 is 9.34. The van der Waals surface area contributed by atoms with E-state index >= 15 is 0 Å². The average Bonchev–Trinajstić information content (AvgIpc) is 2.69. The van der Waals surface area contributed by atoms with Gasteiger partial charge < -0.3 is 10.0 Å². The zero-order chi connectivity index (χ0) is 13.3. The summed E-state index contributed by atoms with van der Waals surface area (Å²) in [5.41, 5.74) is 1.83. The van der Waals surface area contributed by atoms with Gasteiger partial charge in [-0.1, -0.05) is 11.6 Å². The van der Waals surface area contributed by atoms with Crippen LogP contribution in [0.15, 0.2) is 16.6 Å². The van der Waals surface area contributed by atoms with E-state index in [9.17, 15) is 9.59 Å². The predicted octanol–water partition coefficient (Wildman–Crippen LogP) is 2.86. The van der Waals surface area contributed by atoms with Crippen LogP contribution in [0.4, 0.5) is 5.69 Å². The number of benzene rings is 1. The third-order valence-electron chi connectivity index (χ3n) is 2.84. The van der Waals surface area contributed by atoms with Gasteiger partial charge in [-0.15, -0.1) is 0 Å². The van der Waals surface area contributed by atoms with E-state index in [2.05, 4.69) is 15.9 Å². The van der Waals surface area contributed by atoms with Crippen molar-refractivity contribution in [3.63, 3.8) is 0 Å². The number of halogens is 2. The number of carbonyl (C=O) groups excluding carboxylic acids is 1. The fraction of sp³-hybridized carbons (Fsp3) is 0.333. The number of anilines is 1. The quantitative estimate of drug-likeness (QED) is 0.926. The number of rotatable bonds is 3. The molecule has 0 saturated heterocycles. The summed E-state index contributed by atoms with van der Waals surface area (Å²) in [6.07, 6.45) is 0.618. The van der Waals surface area contributed by atoms with Crippen LogP contribution in [0.3, 0.4) is 0 Å². The average molecular weight is 333 g/mol. The first kappa shape index (κ1) is 13.4. The van der Waals surface area contributed by atoms with E-state index in [1.54, 1.807) is 11.0 Å². The highest BCUT2D eigenvalue weighted by molar-refractivity contribution is 9.10. The van der Waals surface area contributed by atoms with Gasteiger partial charge >= 0.3 is 5.97 Å². The molecule has 1 aliphatic heterocycles. The second-order valence-corrected chi connectivity index (χ2v) is 5.38. The lowest BCUT2D eigenvalue weighted by Crippen LogP contribution is -2.29. The first-order chi connectivity index (χ1) is 8.49. The summed E-state index contributed by atoms with van der Waals surface area (Å²) in [7, 11) is 0. The van der Waals surface area contributed by atoms with Gasteiger partial charge in [-0.05, 0) is 40.0 Å². The van der Waals surface area contributed by atoms with Crippen molar-refractivity contribution in [3.05, 3.63) is 27.2 Å². The molecule has 1 heterocycles. The van der Waals surface area contributed by atoms with Crippen LogP contribution < -0.4 is 4.90 Å². The minimum absolute atomic E-state index is 0.0177. The molecule has 0 fully saturated rings. The van der Waals surface area contributed by atoms with Gasteiger partial charge in [0, 0.05) is 22.5 Å². The van der Waals surface area contributed by atoms with Crippen molar-refractivity contribution in [1.82, 2.24) is 0 Å². The van der Waals surface area contributed by atoms with E-state index in [1.165, 1.54) is 0 Å². The molecule has 96 valence electrons. The Hall–Kier alpha value is -1.07. The Morgan fingerprint density at radius 1 is 1.39 bits per heavy atom. The maximum absolute atomic E-state index is 12.0. The van der Waals surface area contributed by atoms with Crippen molar-refractivity contribution in [2.24, 2.45) is 0 Å². The van der Waals surface area contributed by atoms with Crippen LogP contribution in [0.25, 0.3) is 0 Å². The molecule has 0 radical (unpaired) electrons. The summed E-state index contributed by atoms with van der Waals surface area (Å²) in [4.78, 5) is 24.1. The number of hydrogen-bond donors (Lipinski definition) is 1. The Morgan fingerprint density at radius 2 is 2.11 bits per heavy atom. The topological polar surface area (TPSA) is 57.6 Å². The van der Waals surface area contributed by atoms with Crippen LogP contribution in [0.2, 0.25) is 5.02 Å². The maximum Gasteiger partial charge on any atom is 0.303 e. The van der Waals surface area contributed by atoms with E-state index in [4.69, 9.17) is 16.7 Å². The Balaban J connectivity index is 2.21. The smallest absolute Gasteiger partial charge is 0.303 e. The van der Waals surface area contributed by atoms with Crippen molar-refractivity contribution in [2.45, 2.75) is 19.3 Å². The van der Waals surface area contributed by atoms with Crippen molar-refractivity contribution >= 4 is 45.1 Å². The second-order valence-electron chi connectivity index (χ2n) is 4.08. The van der Waals surface area contributed by atoms with Gasteiger partial charge in [0.15, 0.2) is 0 Å². The molecule has 6 heteroatoms. The van der Waals surface area contributed by atoms with Gasteiger partial charge in [0.25, 0.3) is 0 Å². The van der Waals surface area contributed by atoms with Gasteiger partial charge in [-0.3, -0.25) is 9.59 Å². The molecule has 1 amide bonds. The van der Waals surface area contributed by atoms with Gasteiger partial charge in [0.1, 0.15) is 0 Å². The van der Waals surface area contributed by atoms with Crippen LogP contribution in [0.5, 0.6) is 0 Å². The minimum atomic E-state index is -0.960.